The van der Waals surface area contributed by atoms with Gasteiger partial charge in [-0.3, -0.25) is 4.90 Å². The normalized spacial score (nSPS) is 39.2. The van der Waals surface area contributed by atoms with Crippen molar-refractivity contribution < 1.29 is 9.47 Å². The Balaban J connectivity index is 1.59. The number of piperazine rings is 1. The summed E-state index contributed by atoms with van der Waals surface area (Å²) < 4.78 is 11.3. The van der Waals surface area contributed by atoms with E-state index in [1.807, 2.05) is 0 Å². The zero-order valence-corrected chi connectivity index (χ0v) is 12.0. The van der Waals surface area contributed by atoms with Crippen molar-refractivity contribution in [3.8, 4) is 0 Å². The zero-order valence-electron chi connectivity index (χ0n) is 12.0. The van der Waals surface area contributed by atoms with E-state index in [9.17, 15) is 0 Å². The lowest BCUT2D eigenvalue weighted by atomic mass is 9.80. The molecule has 3 aliphatic rings. The molecular formula is C14H27N3O2. The Labute approximate surface area is 116 Å². The molecule has 0 radical (unpaired) electrons. The first-order valence-corrected chi connectivity index (χ1v) is 7.64. The lowest BCUT2D eigenvalue weighted by molar-refractivity contribution is 0.0213. The molecule has 2 aliphatic heterocycles. The first kappa shape index (κ1) is 13.8. The molecule has 5 nitrogen and oxygen atoms in total. The molecule has 0 bridgehead atoms. The molecule has 3 rings (SSSR count). The van der Waals surface area contributed by atoms with E-state index in [0.29, 0.717) is 31.0 Å². The van der Waals surface area contributed by atoms with Gasteiger partial charge in [0.1, 0.15) is 6.79 Å². The molecule has 3 fully saturated rings. The van der Waals surface area contributed by atoms with E-state index in [1.165, 1.54) is 6.42 Å². The number of ether oxygens (including phenoxy) is 2. The third-order valence-electron chi connectivity index (χ3n) is 5.13. The molecule has 0 amide bonds. The molecule has 19 heavy (non-hydrogen) atoms. The van der Waals surface area contributed by atoms with Crippen LogP contribution in [0.3, 0.4) is 0 Å². The Bertz CT molecular complexity index is 294. The van der Waals surface area contributed by atoms with Crippen molar-refractivity contribution in [2.45, 2.75) is 37.5 Å². The smallest absolute Gasteiger partial charge is 0.147 e. The maximum atomic E-state index is 6.08. The Kier molecular flexibility index (Phi) is 4.39. The van der Waals surface area contributed by atoms with Gasteiger partial charge in [0.25, 0.3) is 0 Å². The fourth-order valence-corrected chi connectivity index (χ4v) is 3.86. The SMILES string of the molecule is CN1CCN([C@@H](CN)C2CCC3OCOC3C2)CC1. The van der Waals surface area contributed by atoms with Crippen LogP contribution in [-0.4, -0.2) is 74.6 Å². The van der Waals surface area contributed by atoms with Gasteiger partial charge < -0.3 is 20.1 Å². The predicted octanol–water partition coefficient (Wildman–Crippen LogP) is 0.103. The molecule has 0 aromatic heterocycles. The third kappa shape index (κ3) is 2.95. The summed E-state index contributed by atoms with van der Waals surface area (Å²) in [6.07, 6.45) is 4.17. The van der Waals surface area contributed by atoms with E-state index < -0.39 is 0 Å². The van der Waals surface area contributed by atoms with Crippen LogP contribution in [0.25, 0.3) is 0 Å². The van der Waals surface area contributed by atoms with Gasteiger partial charge in [-0.1, -0.05) is 0 Å². The minimum absolute atomic E-state index is 0.320. The van der Waals surface area contributed by atoms with E-state index in [0.717, 1.165) is 45.6 Å². The summed E-state index contributed by atoms with van der Waals surface area (Å²) in [7, 11) is 2.20. The standard InChI is InChI=1S/C14H27N3O2/c1-16-4-6-17(7-5-16)12(9-15)11-2-3-13-14(8-11)19-10-18-13/h11-14H,2-10,15H2,1H3/t11?,12-,13?,14?/m0/s1. The highest BCUT2D eigenvalue weighted by Crippen LogP contribution is 2.35. The zero-order chi connectivity index (χ0) is 13.2. The summed E-state index contributed by atoms with van der Waals surface area (Å²) in [4.78, 5) is 5.00. The van der Waals surface area contributed by atoms with Crippen molar-refractivity contribution in [1.29, 1.82) is 0 Å². The van der Waals surface area contributed by atoms with Crippen LogP contribution in [0, 0.1) is 5.92 Å². The second kappa shape index (κ2) is 6.06. The number of hydrogen-bond donors (Lipinski definition) is 1. The van der Waals surface area contributed by atoms with E-state index in [2.05, 4.69) is 16.8 Å². The first-order valence-electron chi connectivity index (χ1n) is 7.64. The van der Waals surface area contributed by atoms with Gasteiger partial charge in [-0.2, -0.15) is 0 Å². The molecule has 0 aromatic carbocycles. The Morgan fingerprint density at radius 2 is 1.84 bits per heavy atom. The van der Waals surface area contributed by atoms with Crippen molar-refractivity contribution in [2.75, 3.05) is 46.6 Å². The van der Waals surface area contributed by atoms with Crippen molar-refractivity contribution in [3.05, 3.63) is 0 Å². The van der Waals surface area contributed by atoms with Crippen molar-refractivity contribution in [1.82, 2.24) is 9.80 Å². The van der Waals surface area contributed by atoms with Crippen LogP contribution in [-0.2, 0) is 9.47 Å². The summed E-state index contributed by atoms with van der Waals surface area (Å²) in [6.45, 7) is 5.89. The minimum atomic E-state index is 0.320. The van der Waals surface area contributed by atoms with Crippen LogP contribution in [0.4, 0.5) is 0 Å². The van der Waals surface area contributed by atoms with E-state index in [1.54, 1.807) is 0 Å². The second-order valence-electron chi connectivity index (χ2n) is 6.24. The van der Waals surface area contributed by atoms with Gasteiger partial charge in [0.2, 0.25) is 0 Å². The summed E-state index contributed by atoms with van der Waals surface area (Å²) in [5.41, 5.74) is 6.08. The molecule has 110 valence electrons. The van der Waals surface area contributed by atoms with Gasteiger partial charge in [-0.25, -0.2) is 0 Å². The molecular weight excluding hydrogens is 242 g/mol. The van der Waals surface area contributed by atoms with Gasteiger partial charge >= 0.3 is 0 Å². The summed E-state index contributed by atoms with van der Waals surface area (Å²) in [6, 6.07) is 0.527. The molecule has 2 heterocycles. The summed E-state index contributed by atoms with van der Waals surface area (Å²) in [5, 5.41) is 0. The lowest BCUT2D eigenvalue weighted by Gasteiger charge is -2.43. The highest BCUT2D eigenvalue weighted by Gasteiger charge is 2.40. The Hall–Kier alpha value is -0.200. The fourth-order valence-electron chi connectivity index (χ4n) is 3.86. The van der Waals surface area contributed by atoms with E-state index >= 15 is 0 Å². The van der Waals surface area contributed by atoms with Gasteiger partial charge in [-0.05, 0) is 32.2 Å². The minimum Gasteiger partial charge on any atom is -0.349 e. The largest absolute Gasteiger partial charge is 0.349 e. The number of fused-ring (bicyclic) bond motifs is 1. The summed E-state index contributed by atoms with van der Waals surface area (Å²) in [5.74, 6) is 0.677. The molecule has 0 aromatic rings. The predicted molar refractivity (Wildman–Crippen MR) is 73.9 cm³/mol. The van der Waals surface area contributed by atoms with Crippen LogP contribution in [0.2, 0.25) is 0 Å². The van der Waals surface area contributed by atoms with Crippen molar-refractivity contribution >= 4 is 0 Å². The molecule has 2 saturated heterocycles. The Morgan fingerprint density at radius 1 is 1.11 bits per heavy atom. The third-order valence-corrected chi connectivity index (χ3v) is 5.13. The van der Waals surface area contributed by atoms with Gasteiger partial charge in [0.05, 0.1) is 12.2 Å². The van der Waals surface area contributed by atoms with Crippen LogP contribution in [0.15, 0.2) is 0 Å². The topological polar surface area (TPSA) is 51.0 Å². The van der Waals surface area contributed by atoms with Crippen molar-refractivity contribution in [2.24, 2.45) is 11.7 Å². The average Bonchev–Trinajstić information content (AvgIpc) is 2.89. The summed E-state index contributed by atoms with van der Waals surface area (Å²) >= 11 is 0. The van der Waals surface area contributed by atoms with Gasteiger partial charge in [0.15, 0.2) is 0 Å². The Morgan fingerprint density at radius 3 is 2.58 bits per heavy atom. The quantitative estimate of drug-likeness (QED) is 0.788. The average molecular weight is 269 g/mol. The number of nitrogens with two attached hydrogens (primary N) is 1. The maximum absolute atomic E-state index is 6.08. The van der Waals surface area contributed by atoms with E-state index in [-0.39, 0.29) is 0 Å². The highest BCUT2D eigenvalue weighted by molar-refractivity contribution is 4.91. The molecule has 5 heteroatoms. The lowest BCUT2D eigenvalue weighted by Crippen LogP contribution is -2.55. The van der Waals surface area contributed by atoms with Crippen LogP contribution in [0.5, 0.6) is 0 Å². The van der Waals surface area contributed by atoms with Crippen LogP contribution >= 0.6 is 0 Å². The molecule has 4 atom stereocenters. The van der Waals surface area contributed by atoms with Crippen LogP contribution < -0.4 is 5.73 Å². The fraction of sp³-hybridized carbons (Fsp3) is 1.00. The number of rotatable bonds is 3. The monoisotopic (exact) mass is 269 g/mol. The van der Waals surface area contributed by atoms with Gasteiger partial charge in [-0.15, -0.1) is 0 Å². The van der Waals surface area contributed by atoms with Gasteiger partial charge in [0, 0.05) is 38.8 Å². The molecule has 0 spiro atoms. The molecule has 1 saturated carbocycles. The maximum Gasteiger partial charge on any atom is 0.147 e. The number of hydrogen-bond acceptors (Lipinski definition) is 5. The number of nitrogens with zero attached hydrogens (tertiary/aromatic N) is 2. The molecule has 2 N–H and O–H groups in total. The molecule has 3 unspecified atom stereocenters. The van der Waals surface area contributed by atoms with Crippen molar-refractivity contribution in [3.63, 3.8) is 0 Å². The van der Waals surface area contributed by atoms with Crippen LogP contribution in [0.1, 0.15) is 19.3 Å². The number of likely N-dealkylation sites (N-methyl/N-ethyl adjacent to an activating group) is 1. The second-order valence-corrected chi connectivity index (χ2v) is 6.24. The highest BCUT2D eigenvalue weighted by atomic mass is 16.7. The van der Waals surface area contributed by atoms with E-state index in [4.69, 9.17) is 15.2 Å². The molecule has 1 aliphatic carbocycles. The first-order chi connectivity index (χ1) is 9.28.